The van der Waals surface area contributed by atoms with Crippen molar-refractivity contribution in [2.45, 2.75) is 20.8 Å². The molecule has 0 aromatic rings. The fraction of sp³-hybridized carbons (Fsp3) is 1.00. The van der Waals surface area contributed by atoms with Gasteiger partial charge in [-0.25, -0.2) is 0 Å². The Hall–Kier alpha value is 0.0600. The van der Waals surface area contributed by atoms with Crippen LogP contribution in [0.3, 0.4) is 0 Å². The largest absolute Gasteiger partial charge is 0.508 e. The highest BCUT2D eigenvalue weighted by molar-refractivity contribution is 7.39. The lowest BCUT2D eigenvalue weighted by molar-refractivity contribution is 0.386. The van der Waals surface area contributed by atoms with Gasteiger partial charge < -0.3 is 0 Å². The van der Waals surface area contributed by atoms with Gasteiger partial charge in [-0.3, -0.25) is 0 Å². The molecule has 3 heteroatoms. The van der Waals surface area contributed by atoms with E-state index in [0.29, 0.717) is 6.16 Å². The van der Waals surface area contributed by atoms with Crippen LogP contribution < -0.4 is 0 Å². The highest BCUT2D eigenvalue weighted by Crippen LogP contribution is 2.30. The third-order valence-corrected chi connectivity index (χ3v) is 2.42. The second-order valence-electron chi connectivity index (χ2n) is 3.23. The Kier molecular flexibility index (Phi) is 3.31. The summed E-state index contributed by atoms with van der Waals surface area (Å²) >= 11 is 0. The first-order valence-corrected chi connectivity index (χ1v) is 4.31. The Morgan fingerprint density at radius 2 is 1.89 bits per heavy atom. The lowest BCUT2D eigenvalue weighted by Crippen LogP contribution is -2.08. The zero-order valence-corrected chi connectivity index (χ0v) is 7.37. The normalized spacial score (nSPS) is 13.6. The first kappa shape index (κ1) is 9.06. The zero-order valence-electron chi connectivity index (χ0n) is 6.47. The van der Waals surface area contributed by atoms with E-state index in [-0.39, 0.29) is 5.41 Å². The lowest BCUT2D eigenvalue weighted by atomic mass is 10.0. The molecule has 0 aromatic carbocycles. The number of hydrogen-bond acceptors (Lipinski definition) is 2. The second-order valence-corrected chi connectivity index (χ2v) is 4.58. The summed E-state index contributed by atoms with van der Waals surface area (Å²) in [6, 6.07) is 0. The van der Waals surface area contributed by atoms with Gasteiger partial charge in [-0.1, -0.05) is 20.8 Å². The summed E-state index contributed by atoms with van der Waals surface area (Å²) in [6.07, 6.45) is 0.638. The molecule has 0 saturated heterocycles. The lowest BCUT2D eigenvalue weighted by Gasteiger charge is -2.08. The third-order valence-electron chi connectivity index (χ3n) is 0.807. The van der Waals surface area contributed by atoms with Crippen LogP contribution in [0.4, 0.5) is 0 Å². The van der Waals surface area contributed by atoms with Crippen LogP contribution in [-0.4, -0.2) is 13.3 Å². The molecule has 0 saturated carbocycles. The van der Waals surface area contributed by atoms with Gasteiger partial charge in [-0.15, -0.1) is 4.52 Å². The second kappa shape index (κ2) is 3.28. The average Bonchev–Trinajstić information content (AvgIpc) is 1.62. The molecule has 0 aliphatic carbocycles. The maximum Gasteiger partial charge on any atom is 0.508 e. The highest BCUT2D eigenvalue weighted by Gasteiger charge is 2.25. The van der Waals surface area contributed by atoms with Gasteiger partial charge in [0.2, 0.25) is 0 Å². The minimum absolute atomic E-state index is 0.115. The Labute approximate surface area is 57.5 Å². The van der Waals surface area contributed by atoms with E-state index in [1.807, 2.05) is 20.8 Å². The molecule has 0 fully saturated rings. The summed E-state index contributed by atoms with van der Waals surface area (Å²) in [5, 5.41) is 0. The molecular weight excluding hydrogens is 135 g/mol. The van der Waals surface area contributed by atoms with E-state index in [0.717, 1.165) is 0 Å². The highest BCUT2D eigenvalue weighted by atomic mass is 31.1. The molecule has 0 aliphatic rings. The minimum Gasteiger partial charge on any atom is -0.150 e. The van der Waals surface area contributed by atoms with Crippen molar-refractivity contribution in [2.75, 3.05) is 13.3 Å². The zero-order chi connectivity index (χ0) is 7.49. The van der Waals surface area contributed by atoms with Gasteiger partial charge in [0.1, 0.15) is 0 Å². The van der Waals surface area contributed by atoms with Crippen LogP contribution in [0.5, 0.6) is 0 Å². The van der Waals surface area contributed by atoms with E-state index in [1.54, 1.807) is 0 Å². The molecule has 1 atom stereocenters. The molecule has 0 spiro atoms. The summed E-state index contributed by atoms with van der Waals surface area (Å²) in [5.41, 5.74) is 0.115. The smallest absolute Gasteiger partial charge is 0.150 e. The van der Waals surface area contributed by atoms with Gasteiger partial charge in [0.05, 0.1) is 7.11 Å². The minimum atomic E-state index is -1.42. The number of hydrogen-bond donors (Lipinski definition) is 0. The quantitative estimate of drug-likeness (QED) is 0.563. The van der Waals surface area contributed by atoms with Crippen LogP contribution in [0.2, 0.25) is 0 Å². The Morgan fingerprint density at radius 3 is 2.00 bits per heavy atom. The summed E-state index contributed by atoms with van der Waals surface area (Å²) in [7, 11) is 0.0602. The van der Waals surface area contributed by atoms with Crippen molar-refractivity contribution in [2.24, 2.45) is 5.41 Å². The van der Waals surface area contributed by atoms with Crippen LogP contribution in [0, 0.1) is 5.41 Å². The summed E-state index contributed by atoms with van der Waals surface area (Å²) in [5.74, 6) is 0. The van der Waals surface area contributed by atoms with Crippen molar-refractivity contribution in [3.63, 3.8) is 0 Å². The Morgan fingerprint density at radius 1 is 1.44 bits per heavy atom. The molecule has 1 unspecified atom stereocenters. The Bertz CT molecular complexity index is 104. The molecule has 0 amide bonds. The molecule has 0 aromatic heterocycles. The van der Waals surface area contributed by atoms with E-state index in [2.05, 4.69) is 4.52 Å². The monoisotopic (exact) mass is 149 g/mol. The SMILES string of the molecule is CO[P+](=O)CC(C)(C)C. The number of rotatable bonds is 2. The standard InChI is InChI=1S/C6H14O2P/c1-6(2,3)5-9(7)8-4/h5H2,1-4H3/q+1. The first-order chi connectivity index (χ1) is 3.95. The van der Waals surface area contributed by atoms with E-state index < -0.39 is 8.03 Å². The van der Waals surface area contributed by atoms with Crippen LogP contribution in [0.1, 0.15) is 20.8 Å². The van der Waals surface area contributed by atoms with Crippen molar-refractivity contribution >= 4 is 8.03 Å². The van der Waals surface area contributed by atoms with Crippen molar-refractivity contribution in [1.82, 2.24) is 0 Å². The summed E-state index contributed by atoms with van der Waals surface area (Å²) < 4.78 is 15.4. The van der Waals surface area contributed by atoms with Crippen molar-refractivity contribution in [1.29, 1.82) is 0 Å². The summed E-state index contributed by atoms with van der Waals surface area (Å²) in [6.45, 7) is 6.12. The van der Waals surface area contributed by atoms with Gasteiger partial charge in [0, 0.05) is 5.41 Å². The van der Waals surface area contributed by atoms with Crippen molar-refractivity contribution in [3.8, 4) is 0 Å². The van der Waals surface area contributed by atoms with Gasteiger partial charge in [0.25, 0.3) is 0 Å². The molecule has 54 valence electrons. The van der Waals surface area contributed by atoms with Gasteiger partial charge in [-0.2, -0.15) is 0 Å². The molecule has 9 heavy (non-hydrogen) atoms. The van der Waals surface area contributed by atoms with Gasteiger partial charge in [-0.05, 0) is 4.57 Å². The van der Waals surface area contributed by atoms with Crippen molar-refractivity contribution < 1.29 is 9.09 Å². The predicted octanol–water partition coefficient (Wildman–Crippen LogP) is 2.42. The molecule has 0 aliphatic heterocycles. The van der Waals surface area contributed by atoms with E-state index in [9.17, 15) is 4.57 Å². The molecule has 0 radical (unpaired) electrons. The molecule has 0 rings (SSSR count). The summed E-state index contributed by atoms with van der Waals surface area (Å²) in [4.78, 5) is 0. The maximum atomic E-state index is 10.8. The first-order valence-electron chi connectivity index (χ1n) is 2.94. The topological polar surface area (TPSA) is 26.3 Å². The van der Waals surface area contributed by atoms with E-state index >= 15 is 0 Å². The van der Waals surface area contributed by atoms with Crippen LogP contribution >= 0.6 is 8.03 Å². The van der Waals surface area contributed by atoms with Crippen LogP contribution in [0.25, 0.3) is 0 Å². The fourth-order valence-corrected chi connectivity index (χ4v) is 1.36. The third kappa shape index (κ3) is 5.94. The van der Waals surface area contributed by atoms with Crippen LogP contribution in [0.15, 0.2) is 0 Å². The van der Waals surface area contributed by atoms with E-state index in [4.69, 9.17) is 0 Å². The van der Waals surface area contributed by atoms with Gasteiger partial charge >= 0.3 is 8.03 Å². The van der Waals surface area contributed by atoms with Gasteiger partial charge in [0.15, 0.2) is 6.16 Å². The Balaban J connectivity index is 3.60. The fourth-order valence-electron chi connectivity index (χ4n) is 0.452. The van der Waals surface area contributed by atoms with E-state index in [1.165, 1.54) is 7.11 Å². The molecule has 0 N–H and O–H groups in total. The predicted molar refractivity (Wildman–Crippen MR) is 38.9 cm³/mol. The molecule has 0 bridgehead atoms. The van der Waals surface area contributed by atoms with Crippen LogP contribution in [-0.2, 0) is 9.09 Å². The molecule has 2 nitrogen and oxygen atoms in total. The maximum absolute atomic E-state index is 10.8. The molecule has 0 heterocycles. The average molecular weight is 149 g/mol. The van der Waals surface area contributed by atoms with Crippen molar-refractivity contribution in [3.05, 3.63) is 0 Å². The molecular formula is C6H14O2P+.